The Hall–Kier alpha value is -1.05. The lowest BCUT2D eigenvalue weighted by Gasteiger charge is -2.16. The van der Waals surface area contributed by atoms with Crippen molar-refractivity contribution in [2.75, 3.05) is 0 Å². The second-order valence-electron chi connectivity index (χ2n) is 5.48. The average Bonchev–Trinajstić information content (AvgIpc) is 2.45. The monoisotopic (exact) mass is 279 g/mol. The smallest absolute Gasteiger partial charge is 0.114 e. The molecular formula is C18H33NO. The standard InChI is InChI=1S/C18H33NO/c1-5-8-10-12-14-18(15-13-11-9-6-2)17(4)16-19-20-7-3/h7,16,18H,3-6,8-15H2,1-2H3/b19-16-. The van der Waals surface area contributed by atoms with Gasteiger partial charge < -0.3 is 4.84 Å². The molecule has 0 heterocycles. The fourth-order valence-corrected chi connectivity index (χ4v) is 2.40. The Labute approximate surface area is 126 Å². The van der Waals surface area contributed by atoms with Crippen LogP contribution in [0.3, 0.4) is 0 Å². The molecule has 0 aliphatic heterocycles. The molecule has 0 amide bonds. The minimum Gasteiger partial charge on any atom is -0.365 e. The molecule has 0 N–H and O–H groups in total. The molecule has 0 aromatic heterocycles. The van der Waals surface area contributed by atoms with Crippen LogP contribution in [0.1, 0.15) is 78.1 Å². The minimum absolute atomic E-state index is 0.556. The zero-order valence-electron chi connectivity index (χ0n) is 13.6. The van der Waals surface area contributed by atoms with E-state index in [9.17, 15) is 0 Å². The van der Waals surface area contributed by atoms with Gasteiger partial charge in [0, 0.05) is 0 Å². The molecule has 0 aromatic rings. The molecule has 0 bridgehead atoms. The number of allylic oxidation sites excluding steroid dienone is 1. The van der Waals surface area contributed by atoms with Crippen LogP contribution in [0.25, 0.3) is 0 Å². The molecule has 0 aromatic carbocycles. The number of hydrogen-bond acceptors (Lipinski definition) is 2. The molecular weight excluding hydrogens is 246 g/mol. The minimum atomic E-state index is 0.556. The molecule has 2 nitrogen and oxygen atoms in total. The van der Waals surface area contributed by atoms with Crippen LogP contribution in [0.2, 0.25) is 0 Å². The van der Waals surface area contributed by atoms with Crippen molar-refractivity contribution >= 4 is 6.21 Å². The van der Waals surface area contributed by atoms with Gasteiger partial charge in [0.15, 0.2) is 0 Å². The van der Waals surface area contributed by atoms with E-state index in [1.807, 2.05) is 0 Å². The van der Waals surface area contributed by atoms with E-state index in [0.29, 0.717) is 5.92 Å². The van der Waals surface area contributed by atoms with E-state index in [4.69, 9.17) is 4.84 Å². The zero-order chi connectivity index (χ0) is 15.1. The number of unbranched alkanes of at least 4 members (excludes halogenated alkanes) is 6. The van der Waals surface area contributed by atoms with Crippen molar-refractivity contribution < 1.29 is 4.84 Å². The van der Waals surface area contributed by atoms with Crippen LogP contribution in [-0.4, -0.2) is 6.21 Å². The van der Waals surface area contributed by atoms with Crippen molar-refractivity contribution in [3.63, 3.8) is 0 Å². The van der Waals surface area contributed by atoms with Crippen LogP contribution >= 0.6 is 0 Å². The summed E-state index contributed by atoms with van der Waals surface area (Å²) < 4.78 is 0. The molecule has 0 atom stereocenters. The molecule has 0 fully saturated rings. The number of rotatable bonds is 14. The average molecular weight is 279 g/mol. The highest BCUT2D eigenvalue weighted by Crippen LogP contribution is 2.23. The van der Waals surface area contributed by atoms with Gasteiger partial charge in [0.25, 0.3) is 0 Å². The topological polar surface area (TPSA) is 21.6 Å². The molecule has 0 spiro atoms. The molecule has 0 saturated carbocycles. The van der Waals surface area contributed by atoms with E-state index >= 15 is 0 Å². The van der Waals surface area contributed by atoms with Crippen LogP contribution < -0.4 is 0 Å². The van der Waals surface area contributed by atoms with Crippen LogP contribution in [0.15, 0.2) is 30.1 Å². The molecule has 20 heavy (non-hydrogen) atoms. The van der Waals surface area contributed by atoms with Gasteiger partial charge in [0.05, 0.1) is 6.21 Å². The second-order valence-corrected chi connectivity index (χ2v) is 5.48. The highest BCUT2D eigenvalue weighted by atomic mass is 16.6. The molecule has 0 rings (SSSR count). The SMILES string of the molecule is C=CO/N=C\C(=C)C(CCCCCC)CCCCCC. The van der Waals surface area contributed by atoms with E-state index in [2.05, 4.69) is 32.2 Å². The Morgan fingerprint density at radius 2 is 1.55 bits per heavy atom. The summed E-state index contributed by atoms with van der Waals surface area (Å²) in [6.45, 7) is 12.1. The van der Waals surface area contributed by atoms with E-state index < -0.39 is 0 Å². The van der Waals surface area contributed by atoms with Gasteiger partial charge in [0.2, 0.25) is 0 Å². The van der Waals surface area contributed by atoms with Crippen molar-refractivity contribution in [2.24, 2.45) is 11.1 Å². The maximum absolute atomic E-state index is 4.81. The molecule has 0 aliphatic carbocycles. The second kappa shape index (κ2) is 14.4. The molecule has 116 valence electrons. The van der Waals surface area contributed by atoms with Gasteiger partial charge in [-0.2, -0.15) is 0 Å². The number of hydrogen-bond donors (Lipinski definition) is 0. The highest BCUT2D eigenvalue weighted by Gasteiger charge is 2.11. The van der Waals surface area contributed by atoms with E-state index in [-0.39, 0.29) is 0 Å². The van der Waals surface area contributed by atoms with E-state index in [1.165, 1.54) is 70.5 Å². The molecule has 0 aliphatic rings. The van der Waals surface area contributed by atoms with Crippen LogP contribution in [-0.2, 0) is 4.84 Å². The lowest BCUT2D eigenvalue weighted by molar-refractivity contribution is 0.271. The lowest BCUT2D eigenvalue weighted by atomic mass is 9.89. The third kappa shape index (κ3) is 10.8. The third-order valence-electron chi connectivity index (χ3n) is 3.69. The van der Waals surface area contributed by atoms with Gasteiger partial charge in [-0.3, -0.25) is 0 Å². The number of oxime groups is 1. The van der Waals surface area contributed by atoms with Gasteiger partial charge in [-0.1, -0.05) is 83.5 Å². The summed E-state index contributed by atoms with van der Waals surface area (Å²) in [6.07, 6.45) is 16.0. The largest absolute Gasteiger partial charge is 0.365 e. The first-order valence-electron chi connectivity index (χ1n) is 8.25. The van der Waals surface area contributed by atoms with Gasteiger partial charge in [0.1, 0.15) is 6.26 Å². The van der Waals surface area contributed by atoms with Gasteiger partial charge in [-0.05, 0) is 24.3 Å². The summed E-state index contributed by atoms with van der Waals surface area (Å²) in [7, 11) is 0. The van der Waals surface area contributed by atoms with Crippen molar-refractivity contribution in [2.45, 2.75) is 78.1 Å². The van der Waals surface area contributed by atoms with Crippen LogP contribution in [0.4, 0.5) is 0 Å². The Morgan fingerprint density at radius 1 is 1.00 bits per heavy atom. The maximum atomic E-state index is 4.81. The summed E-state index contributed by atoms with van der Waals surface area (Å²) >= 11 is 0. The fourth-order valence-electron chi connectivity index (χ4n) is 2.40. The summed E-state index contributed by atoms with van der Waals surface area (Å²) in [4.78, 5) is 4.81. The first-order chi connectivity index (χ1) is 9.76. The van der Waals surface area contributed by atoms with Gasteiger partial charge in [-0.25, -0.2) is 0 Å². The molecule has 0 radical (unpaired) electrons. The van der Waals surface area contributed by atoms with Crippen LogP contribution in [0, 0.1) is 5.92 Å². The molecule has 0 saturated heterocycles. The van der Waals surface area contributed by atoms with E-state index in [1.54, 1.807) is 6.21 Å². The summed E-state index contributed by atoms with van der Waals surface area (Å²) in [6, 6.07) is 0. The third-order valence-corrected chi connectivity index (χ3v) is 3.69. The zero-order valence-corrected chi connectivity index (χ0v) is 13.6. The predicted molar refractivity (Wildman–Crippen MR) is 89.9 cm³/mol. The van der Waals surface area contributed by atoms with Gasteiger partial charge in [-0.15, -0.1) is 0 Å². The number of nitrogens with zero attached hydrogens (tertiary/aromatic N) is 1. The van der Waals surface area contributed by atoms with Crippen molar-refractivity contribution in [3.8, 4) is 0 Å². The summed E-state index contributed by atoms with van der Waals surface area (Å²) in [5.74, 6) is 0.556. The summed E-state index contributed by atoms with van der Waals surface area (Å²) in [5, 5.41) is 3.86. The Balaban J connectivity index is 4.14. The molecule has 0 unspecified atom stereocenters. The van der Waals surface area contributed by atoms with Crippen molar-refractivity contribution in [1.29, 1.82) is 0 Å². The first-order valence-corrected chi connectivity index (χ1v) is 8.25. The van der Waals surface area contributed by atoms with Crippen LogP contribution in [0.5, 0.6) is 0 Å². The quantitative estimate of drug-likeness (QED) is 0.159. The highest BCUT2D eigenvalue weighted by molar-refractivity contribution is 5.77. The Bertz CT molecular complexity index is 259. The van der Waals surface area contributed by atoms with Gasteiger partial charge >= 0.3 is 0 Å². The normalized spacial score (nSPS) is 11.2. The van der Waals surface area contributed by atoms with Crippen molar-refractivity contribution in [3.05, 3.63) is 25.0 Å². The van der Waals surface area contributed by atoms with E-state index in [0.717, 1.165) is 5.57 Å². The first kappa shape index (κ1) is 18.9. The van der Waals surface area contributed by atoms with Crippen molar-refractivity contribution in [1.82, 2.24) is 0 Å². The lowest BCUT2D eigenvalue weighted by Crippen LogP contribution is -2.05. The molecule has 2 heteroatoms. The fraction of sp³-hybridized carbons (Fsp3) is 0.722. The Kier molecular flexibility index (Phi) is 13.6. The predicted octanol–water partition coefficient (Wildman–Crippen LogP) is 6.25. The maximum Gasteiger partial charge on any atom is 0.114 e. The summed E-state index contributed by atoms with van der Waals surface area (Å²) in [5.41, 5.74) is 1.10. The Morgan fingerprint density at radius 3 is 2.00 bits per heavy atom.